The molecule has 0 aliphatic carbocycles. The number of ether oxygens (including phenoxy) is 1. The fraction of sp³-hybridized carbons (Fsp3) is 0.476. The predicted octanol–water partition coefficient (Wildman–Crippen LogP) is 1.90. The number of hydrogen-bond acceptors (Lipinski definition) is 6. The first-order valence-corrected chi connectivity index (χ1v) is 9.97. The zero-order valence-corrected chi connectivity index (χ0v) is 17.4. The summed E-state index contributed by atoms with van der Waals surface area (Å²) < 4.78 is 6.70. The quantitative estimate of drug-likeness (QED) is 0.741. The van der Waals surface area contributed by atoms with Crippen molar-refractivity contribution in [3.8, 4) is 0 Å². The van der Waals surface area contributed by atoms with Gasteiger partial charge in [-0.1, -0.05) is 6.42 Å². The summed E-state index contributed by atoms with van der Waals surface area (Å²) in [7, 11) is 0. The molecule has 2 aromatic rings. The molecule has 0 bridgehead atoms. The van der Waals surface area contributed by atoms with Gasteiger partial charge >= 0.3 is 12.0 Å². The Kier molecular flexibility index (Phi) is 6.19. The third-order valence-corrected chi connectivity index (χ3v) is 4.63. The number of esters is 1. The second kappa shape index (κ2) is 8.64. The number of rotatable bonds is 3. The molecule has 9 nitrogen and oxygen atoms in total. The molecule has 1 aliphatic rings. The molecule has 3 amide bonds. The highest BCUT2D eigenvalue weighted by molar-refractivity contribution is 5.98. The van der Waals surface area contributed by atoms with Gasteiger partial charge in [0.2, 0.25) is 0 Å². The first kappa shape index (κ1) is 21.5. The van der Waals surface area contributed by atoms with Gasteiger partial charge in [-0.25, -0.2) is 14.6 Å². The molecule has 0 radical (unpaired) electrons. The van der Waals surface area contributed by atoms with Crippen molar-refractivity contribution in [1.82, 2.24) is 20.2 Å². The van der Waals surface area contributed by atoms with E-state index in [4.69, 9.17) is 4.74 Å². The molecule has 0 saturated carbocycles. The second-order valence-corrected chi connectivity index (χ2v) is 8.36. The lowest BCUT2D eigenvalue weighted by atomic mass is 10.1. The number of carbonyl (C=O) groups is 3. The topological polar surface area (TPSA) is 119 Å². The van der Waals surface area contributed by atoms with E-state index in [1.807, 2.05) is 0 Å². The van der Waals surface area contributed by atoms with Gasteiger partial charge in [0.15, 0.2) is 6.61 Å². The molecule has 3 rings (SSSR count). The Balaban J connectivity index is 1.69. The Bertz CT molecular complexity index is 1050. The molecule has 0 atom stereocenters. The fourth-order valence-corrected chi connectivity index (χ4v) is 3.29. The maximum atomic E-state index is 12.7. The summed E-state index contributed by atoms with van der Waals surface area (Å²) in [5, 5.41) is 5.11. The number of benzene rings is 1. The monoisotopic (exact) mass is 414 g/mol. The lowest BCUT2D eigenvalue weighted by molar-refractivity contribution is -0.123. The normalized spacial score (nSPS) is 13.8. The van der Waals surface area contributed by atoms with Gasteiger partial charge in [0, 0.05) is 18.5 Å². The number of amides is 3. The van der Waals surface area contributed by atoms with Gasteiger partial charge in [-0.2, -0.15) is 0 Å². The third-order valence-electron chi connectivity index (χ3n) is 4.63. The van der Waals surface area contributed by atoms with Crippen LogP contribution in [0.1, 0.15) is 56.2 Å². The van der Waals surface area contributed by atoms with E-state index in [1.54, 1.807) is 31.4 Å². The van der Waals surface area contributed by atoms with Crippen molar-refractivity contribution in [1.29, 1.82) is 0 Å². The smallest absolute Gasteiger partial charge is 0.338 e. The van der Waals surface area contributed by atoms with Crippen LogP contribution in [0.15, 0.2) is 23.0 Å². The van der Waals surface area contributed by atoms with Crippen LogP contribution < -0.4 is 16.2 Å². The van der Waals surface area contributed by atoms with Crippen LogP contribution in [0, 0.1) is 0 Å². The van der Waals surface area contributed by atoms with E-state index < -0.39 is 30.1 Å². The minimum absolute atomic E-state index is 0.110. The van der Waals surface area contributed by atoms with E-state index in [1.165, 1.54) is 12.1 Å². The molecule has 160 valence electrons. The minimum Gasteiger partial charge on any atom is -0.452 e. The van der Waals surface area contributed by atoms with Crippen molar-refractivity contribution in [2.24, 2.45) is 0 Å². The first-order chi connectivity index (χ1) is 14.1. The predicted molar refractivity (Wildman–Crippen MR) is 110 cm³/mol. The number of nitrogens with one attached hydrogen (secondary N) is 2. The van der Waals surface area contributed by atoms with E-state index in [-0.39, 0.29) is 11.1 Å². The molecule has 1 aliphatic heterocycles. The summed E-state index contributed by atoms with van der Waals surface area (Å²) in [6, 6.07) is 3.85. The molecule has 0 unspecified atom stereocenters. The summed E-state index contributed by atoms with van der Waals surface area (Å²) in [5.74, 6) is -0.757. The average Bonchev–Trinajstić information content (AvgIpc) is 2.90. The number of imide groups is 1. The molecule has 1 aromatic heterocycles. The number of carbonyl (C=O) groups excluding carboxylic acids is 3. The second-order valence-electron chi connectivity index (χ2n) is 8.36. The molecule has 9 heteroatoms. The summed E-state index contributed by atoms with van der Waals surface area (Å²) in [6.07, 6.45) is 3.68. The molecule has 1 aromatic carbocycles. The van der Waals surface area contributed by atoms with E-state index >= 15 is 0 Å². The van der Waals surface area contributed by atoms with Crippen LogP contribution in [0.5, 0.6) is 0 Å². The van der Waals surface area contributed by atoms with Crippen molar-refractivity contribution >= 4 is 28.8 Å². The zero-order valence-electron chi connectivity index (χ0n) is 17.4. The molecule has 0 saturated heterocycles. The van der Waals surface area contributed by atoms with E-state index in [0.717, 1.165) is 31.5 Å². The van der Waals surface area contributed by atoms with E-state index in [9.17, 15) is 19.2 Å². The van der Waals surface area contributed by atoms with Crippen LogP contribution >= 0.6 is 0 Å². The first-order valence-electron chi connectivity index (χ1n) is 9.97. The maximum Gasteiger partial charge on any atom is 0.338 e. The van der Waals surface area contributed by atoms with Crippen molar-refractivity contribution in [3.05, 3.63) is 39.9 Å². The van der Waals surface area contributed by atoms with Gasteiger partial charge in [0.05, 0.1) is 16.5 Å². The molecule has 0 fully saturated rings. The largest absolute Gasteiger partial charge is 0.452 e. The van der Waals surface area contributed by atoms with Gasteiger partial charge in [-0.3, -0.25) is 19.5 Å². The highest BCUT2D eigenvalue weighted by atomic mass is 16.5. The maximum absolute atomic E-state index is 12.7. The van der Waals surface area contributed by atoms with E-state index in [0.29, 0.717) is 17.4 Å². The van der Waals surface area contributed by atoms with E-state index in [2.05, 4.69) is 15.6 Å². The Hall–Kier alpha value is -3.23. The van der Waals surface area contributed by atoms with Crippen LogP contribution in [0.4, 0.5) is 4.79 Å². The van der Waals surface area contributed by atoms with Gasteiger partial charge in [0.1, 0.15) is 5.82 Å². The molecular weight excluding hydrogens is 388 g/mol. The molecule has 2 heterocycles. The molecule has 2 N–H and O–H groups in total. The van der Waals surface area contributed by atoms with Crippen molar-refractivity contribution < 1.29 is 19.1 Å². The number of hydrogen-bond donors (Lipinski definition) is 2. The molecular formula is C21H26N4O5. The van der Waals surface area contributed by atoms with Gasteiger partial charge < -0.3 is 10.1 Å². The van der Waals surface area contributed by atoms with Crippen molar-refractivity contribution in [3.63, 3.8) is 0 Å². The summed E-state index contributed by atoms with van der Waals surface area (Å²) in [5.41, 5.74) is -0.00617. The van der Waals surface area contributed by atoms with Crippen LogP contribution in [0.3, 0.4) is 0 Å². The van der Waals surface area contributed by atoms with Crippen LogP contribution in [0.25, 0.3) is 10.9 Å². The van der Waals surface area contributed by atoms with Crippen LogP contribution in [0.2, 0.25) is 0 Å². The lowest BCUT2D eigenvalue weighted by Gasteiger charge is -2.20. The number of nitrogens with zero attached hydrogens (tertiary/aromatic N) is 2. The Labute approximate surface area is 173 Å². The average molecular weight is 414 g/mol. The fourth-order valence-electron chi connectivity index (χ4n) is 3.29. The van der Waals surface area contributed by atoms with Gasteiger partial charge in [-0.05, 0) is 51.8 Å². The number of aromatic nitrogens is 2. The Morgan fingerprint density at radius 1 is 1.17 bits per heavy atom. The lowest BCUT2D eigenvalue weighted by Crippen LogP contribution is -2.49. The number of urea groups is 1. The standard InChI is InChI=1S/C21H26N4O5/c1-21(2,3)24-20(29)23-17(26)12-30-19(28)13-8-9-14-15(11-13)22-16-7-5-4-6-10-25(16)18(14)27/h8-9,11H,4-7,10,12H2,1-3H3,(H2,23,24,26,29). The zero-order chi connectivity index (χ0) is 21.9. The SMILES string of the molecule is CC(C)(C)NC(=O)NC(=O)COC(=O)c1ccc2c(=O)n3c(nc2c1)CCCCC3. The number of aryl methyl sites for hydroxylation is 1. The minimum atomic E-state index is -0.743. The molecule has 30 heavy (non-hydrogen) atoms. The Morgan fingerprint density at radius 2 is 1.93 bits per heavy atom. The highest BCUT2D eigenvalue weighted by Crippen LogP contribution is 2.16. The van der Waals surface area contributed by atoms with Gasteiger partial charge in [-0.15, -0.1) is 0 Å². The summed E-state index contributed by atoms with van der Waals surface area (Å²) in [4.78, 5) is 53.1. The summed E-state index contributed by atoms with van der Waals surface area (Å²) >= 11 is 0. The highest BCUT2D eigenvalue weighted by Gasteiger charge is 2.18. The number of fused-ring (bicyclic) bond motifs is 2. The summed E-state index contributed by atoms with van der Waals surface area (Å²) in [6.45, 7) is 5.37. The van der Waals surface area contributed by atoms with Crippen molar-refractivity contribution in [2.75, 3.05) is 6.61 Å². The van der Waals surface area contributed by atoms with Crippen LogP contribution in [-0.4, -0.2) is 39.6 Å². The van der Waals surface area contributed by atoms with Gasteiger partial charge in [0.25, 0.3) is 11.5 Å². The van der Waals surface area contributed by atoms with Crippen LogP contribution in [-0.2, 0) is 22.5 Å². The third kappa shape index (κ3) is 5.22. The van der Waals surface area contributed by atoms with Crippen molar-refractivity contribution in [2.45, 2.75) is 58.5 Å². The molecule has 0 spiro atoms. The Morgan fingerprint density at radius 3 is 2.67 bits per heavy atom.